The van der Waals surface area contributed by atoms with Gasteiger partial charge in [0, 0.05) is 41.5 Å². The predicted octanol–water partition coefficient (Wildman–Crippen LogP) is 8.27. The van der Waals surface area contributed by atoms with Crippen LogP contribution in [0, 0.1) is 13.8 Å². The van der Waals surface area contributed by atoms with Crippen molar-refractivity contribution in [2.24, 2.45) is 0 Å². The molecular weight excluding hydrogens is 799 g/mol. The molecule has 0 aliphatic heterocycles. The van der Waals surface area contributed by atoms with Crippen molar-refractivity contribution in [1.82, 2.24) is 4.31 Å². The van der Waals surface area contributed by atoms with Crippen LogP contribution in [-0.2, 0) is 45.5 Å². The van der Waals surface area contributed by atoms with Gasteiger partial charge in [0.1, 0.15) is 41.4 Å². The van der Waals surface area contributed by atoms with E-state index in [1.807, 2.05) is 74.5 Å². The van der Waals surface area contributed by atoms with Gasteiger partial charge in [-0.25, -0.2) is 16.8 Å². The fourth-order valence-corrected chi connectivity index (χ4v) is 9.63. The highest BCUT2D eigenvalue weighted by molar-refractivity contribution is 7.90. The topological polar surface area (TPSA) is 135 Å². The van der Waals surface area contributed by atoms with Crippen molar-refractivity contribution in [1.29, 1.82) is 0 Å². The van der Waals surface area contributed by atoms with Crippen LogP contribution in [0.25, 0.3) is 11.1 Å². The Morgan fingerprint density at radius 3 is 1.86 bits per heavy atom. The average molecular weight is 864 g/mol. The molecule has 1 unspecified atom stereocenters. The molecule has 0 aliphatic carbocycles. The molecule has 15 heteroatoms. The van der Waals surface area contributed by atoms with E-state index in [9.17, 15) is 21.6 Å². The summed E-state index contributed by atoms with van der Waals surface area (Å²) in [6.07, 6.45) is 1.55. The van der Waals surface area contributed by atoms with Crippen LogP contribution in [0.5, 0.6) is 11.5 Å². The highest BCUT2D eigenvalue weighted by atomic mass is 32.2. The maximum atomic E-state index is 14.0. The minimum atomic E-state index is -3.91. The minimum absolute atomic E-state index is 0.0870. The number of aryl methyl sites for hydroxylation is 2. The van der Waals surface area contributed by atoms with Gasteiger partial charge in [-0.1, -0.05) is 75.7 Å². The number of hydrogen-bond acceptors (Lipinski definition) is 10. The van der Waals surface area contributed by atoms with Gasteiger partial charge in [0.25, 0.3) is 0 Å². The second-order valence-corrected chi connectivity index (χ2v) is 32.7. The van der Waals surface area contributed by atoms with Crippen molar-refractivity contribution < 1.29 is 45.3 Å². The largest absolute Gasteiger partial charge is 0.494 e. The maximum absolute atomic E-state index is 14.0. The number of methoxy groups -OCH3 is 1. The van der Waals surface area contributed by atoms with Crippen molar-refractivity contribution in [3.8, 4) is 22.6 Å². The number of rotatable bonds is 25. The Bertz CT molecular complexity index is 1910. The molecule has 0 aromatic heterocycles. The predicted molar refractivity (Wildman–Crippen MR) is 235 cm³/mol. The smallest absolute Gasteiger partial charge is 0.306 e. The molecule has 0 amide bonds. The number of sulfone groups is 1. The van der Waals surface area contributed by atoms with Gasteiger partial charge in [-0.05, 0) is 90.0 Å². The number of carbonyl (C=O) groups excluding carboxylic acids is 1. The Morgan fingerprint density at radius 1 is 0.754 bits per heavy atom. The van der Waals surface area contributed by atoms with E-state index in [0.717, 1.165) is 39.9 Å². The molecule has 3 rings (SSSR count). The molecule has 3 aromatic rings. The molecule has 318 valence electrons. The molecule has 0 bridgehead atoms. The van der Waals surface area contributed by atoms with E-state index in [1.165, 1.54) is 17.7 Å². The first kappa shape index (κ1) is 48.3. The number of esters is 1. The Balaban J connectivity index is 1.72. The summed E-state index contributed by atoms with van der Waals surface area (Å²) in [6, 6.07) is 21.0. The lowest BCUT2D eigenvalue weighted by atomic mass is 9.95. The van der Waals surface area contributed by atoms with Gasteiger partial charge in [0.15, 0.2) is 0 Å². The summed E-state index contributed by atoms with van der Waals surface area (Å²) in [4.78, 5) is 12.5. The molecular formula is C42H65NO10S2Si2. The van der Waals surface area contributed by atoms with Crippen LogP contribution in [-0.4, -0.2) is 101 Å². The zero-order valence-electron chi connectivity index (χ0n) is 35.7. The molecule has 0 fully saturated rings. The van der Waals surface area contributed by atoms with E-state index in [1.54, 1.807) is 0 Å². The standard InChI is InChI=1S/C42H65NO10S2Si2/c1-33-25-40(52-19-12-22-54(4,45)46)26-34(2)42(33)37-13-11-14-39(27-37)53-29-35-15-17-36(18-16-35)38(28-41(44)49-3)30-55(47,48)43(31-50-20-23-56(5,6)7)32-51-21-24-57(8,9)10/h11,13-18,25-27,38H,12,19-24,28-32H2,1-10H3. The Kier molecular flexibility index (Phi) is 18.5. The molecule has 11 nitrogen and oxygen atoms in total. The number of hydrogen-bond donors (Lipinski definition) is 0. The number of benzene rings is 3. The molecule has 0 saturated carbocycles. The van der Waals surface area contributed by atoms with Crippen molar-refractivity contribution in [3.05, 3.63) is 82.9 Å². The molecule has 57 heavy (non-hydrogen) atoms. The third kappa shape index (κ3) is 18.2. The van der Waals surface area contributed by atoms with Gasteiger partial charge in [-0.15, -0.1) is 0 Å². The molecule has 0 N–H and O–H groups in total. The summed E-state index contributed by atoms with van der Waals surface area (Å²) >= 11 is 0. The van der Waals surface area contributed by atoms with E-state index in [4.69, 9.17) is 23.7 Å². The lowest BCUT2D eigenvalue weighted by Crippen LogP contribution is -2.39. The van der Waals surface area contributed by atoms with Crippen LogP contribution in [0.2, 0.25) is 51.4 Å². The molecule has 0 spiro atoms. The summed E-state index contributed by atoms with van der Waals surface area (Å²) in [7, 11) is -8.40. The Hall–Kier alpha value is -3.06. The molecule has 3 aromatic carbocycles. The quantitative estimate of drug-likeness (QED) is 0.0355. The summed E-state index contributed by atoms with van der Waals surface area (Å²) < 4.78 is 80.8. The minimum Gasteiger partial charge on any atom is -0.494 e. The van der Waals surface area contributed by atoms with Gasteiger partial charge < -0.3 is 23.7 Å². The molecule has 1 atom stereocenters. The van der Waals surface area contributed by atoms with E-state index in [0.29, 0.717) is 43.3 Å². The summed E-state index contributed by atoms with van der Waals surface area (Å²) in [5.74, 6) is 0.00882. The van der Waals surface area contributed by atoms with Crippen molar-refractivity contribution in [2.45, 2.75) is 90.6 Å². The lowest BCUT2D eigenvalue weighted by molar-refractivity contribution is -0.140. The third-order valence-corrected chi connectivity index (χ3v) is 15.6. The average Bonchev–Trinajstić information content (AvgIpc) is 3.10. The van der Waals surface area contributed by atoms with E-state index >= 15 is 0 Å². The fraction of sp³-hybridized carbons (Fsp3) is 0.548. The number of nitrogens with zero attached hydrogens (tertiary/aromatic N) is 1. The maximum Gasteiger partial charge on any atom is 0.306 e. The summed E-state index contributed by atoms with van der Waals surface area (Å²) in [5.41, 5.74) is 5.68. The van der Waals surface area contributed by atoms with E-state index < -0.39 is 47.9 Å². The number of sulfonamides is 1. The number of ether oxygens (including phenoxy) is 5. The van der Waals surface area contributed by atoms with E-state index in [-0.39, 0.29) is 38.0 Å². The summed E-state index contributed by atoms with van der Waals surface area (Å²) in [5, 5.41) is 0. The first-order chi connectivity index (χ1) is 26.5. The second-order valence-electron chi connectivity index (χ2n) is 17.2. The monoisotopic (exact) mass is 863 g/mol. The first-order valence-corrected chi connectivity index (χ1v) is 30.6. The van der Waals surface area contributed by atoms with Gasteiger partial charge in [-0.3, -0.25) is 4.79 Å². The highest BCUT2D eigenvalue weighted by Gasteiger charge is 2.30. The normalized spacial score (nSPS) is 13.1. The van der Waals surface area contributed by atoms with Crippen molar-refractivity contribution in [3.63, 3.8) is 0 Å². The van der Waals surface area contributed by atoms with Gasteiger partial charge in [-0.2, -0.15) is 4.31 Å². The Labute approximate surface area is 344 Å². The molecule has 0 heterocycles. The second kappa shape index (κ2) is 21.8. The van der Waals surface area contributed by atoms with Crippen LogP contribution in [0.4, 0.5) is 0 Å². The van der Waals surface area contributed by atoms with Crippen molar-refractivity contribution >= 4 is 42.0 Å². The van der Waals surface area contributed by atoms with Crippen LogP contribution in [0.3, 0.4) is 0 Å². The van der Waals surface area contributed by atoms with Gasteiger partial charge >= 0.3 is 5.97 Å². The van der Waals surface area contributed by atoms with Crippen LogP contribution in [0.15, 0.2) is 60.7 Å². The van der Waals surface area contributed by atoms with Crippen LogP contribution in [0.1, 0.15) is 41.0 Å². The highest BCUT2D eigenvalue weighted by Crippen LogP contribution is 2.33. The van der Waals surface area contributed by atoms with E-state index in [2.05, 4.69) is 39.3 Å². The van der Waals surface area contributed by atoms with Crippen LogP contribution < -0.4 is 9.47 Å². The van der Waals surface area contributed by atoms with Gasteiger partial charge in [0.05, 0.1) is 31.6 Å². The zero-order chi connectivity index (χ0) is 42.4. The third-order valence-electron chi connectivity index (χ3n) is 9.32. The van der Waals surface area contributed by atoms with Crippen molar-refractivity contribution in [2.75, 3.05) is 58.2 Å². The molecule has 0 radical (unpaired) electrons. The lowest BCUT2D eigenvalue weighted by Gasteiger charge is -2.26. The van der Waals surface area contributed by atoms with Gasteiger partial charge in [0.2, 0.25) is 10.0 Å². The molecule has 0 aliphatic rings. The SMILES string of the molecule is COC(=O)CC(CS(=O)(=O)N(COCC[Si](C)(C)C)COCC[Si](C)(C)C)c1ccc(COc2cccc(-c3c(C)cc(OCCCS(C)(=O)=O)cc3C)c2)cc1. The molecule has 0 saturated heterocycles. The summed E-state index contributed by atoms with van der Waals surface area (Å²) in [6.45, 7) is 18.8. The van der Waals surface area contributed by atoms with Crippen LogP contribution >= 0.6 is 0 Å². The zero-order valence-corrected chi connectivity index (χ0v) is 39.3. The Morgan fingerprint density at radius 2 is 1.33 bits per heavy atom. The number of carbonyl (C=O) groups is 1. The first-order valence-electron chi connectivity index (χ1n) is 19.5. The fourth-order valence-electron chi connectivity index (χ4n) is 5.97.